The zero-order chi connectivity index (χ0) is 26.1. The number of nitrogens with two attached hydrogens (primary N) is 1. The molecule has 2 heterocycles. The Morgan fingerprint density at radius 3 is 2.16 bits per heavy atom. The molecule has 0 aliphatic rings. The van der Waals surface area contributed by atoms with E-state index >= 15 is 0 Å². The van der Waals surface area contributed by atoms with Gasteiger partial charge in [-0.1, -0.05) is 41.9 Å². The van der Waals surface area contributed by atoms with Crippen molar-refractivity contribution in [3.63, 3.8) is 0 Å². The lowest BCUT2D eigenvalue weighted by molar-refractivity contribution is 0.355. The Bertz CT molecular complexity index is 1600. The summed E-state index contributed by atoms with van der Waals surface area (Å²) in [5.74, 6) is 1.57. The van der Waals surface area contributed by atoms with Gasteiger partial charge in [0.1, 0.15) is 12.1 Å². The molecule has 37 heavy (non-hydrogen) atoms. The van der Waals surface area contributed by atoms with E-state index in [0.29, 0.717) is 33.4 Å². The molecule has 0 saturated carbocycles. The third-order valence-corrected chi connectivity index (χ3v) is 6.49. The minimum atomic E-state index is 0.337. The summed E-state index contributed by atoms with van der Waals surface area (Å²) >= 11 is 6.46. The van der Waals surface area contributed by atoms with Crippen LogP contribution < -0.4 is 20.1 Å². The average Bonchev–Trinajstić information content (AvgIpc) is 2.92. The van der Waals surface area contributed by atoms with Crippen molar-refractivity contribution >= 4 is 34.1 Å². The zero-order valence-corrected chi connectivity index (χ0v) is 21.7. The second-order valence-corrected chi connectivity index (χ2v) is 9.13. The van der Waals surface area contributed by atoms with Gasteiger partial charge in [0.2, 0.25) is 0 Å². The molecule has 0 aliphatic heterocycles. The molecule has 0 amide bonds. The van der Waals surface area contributed by atoms with Crippen LogP contribution in [-0.2, 0) is 0 Å². The first-order chi connectivity index (χ1) is 17.9. The van der Waals surface area contributed by atoms with E-state index < -0.39 is 0 Å². The number of fused-ring (bicyclic) bond motifs is 1. The van der Waals surface area contributed by atoms with Gasteiger partial charge in [-0.05, 0) is 47.5 Å². The predicted molar refractivity (Wildman–Crippen MR) is 150 cm³/mol. The molecule has 0 aliphatic carbocycles. The van der Waals surface area contributed by atoms with Crippen LogP contribution in [0.15, 0.2) is 73.1 Å². The van der Waals surface area contributed by atoms with Gasteiger partial charge in [0.05, 0.1) is 25.3 Å². The second-order valence-electron chi connectivity index (χ2n) is 8.69. The fraction of sp³-hybridized carbons (Fsp3) is 0.138. The number of rotatable bonds is 6. The molecule has 5 aromatic rings. The number of benzene rings is 3. The summed E-state index contributed by atoms with van der Waals surface area (Å²) in [7, 11) is 7.25. The SMILES string of the molecule is COc1ccc(-c2c(-c3ccc(N(C)C)cc3)nc3ncnc(N)c3c2-c2cccc(Cl)c2)cc1OC. The number of hydrogen-bond donors (Lipinski definition) is 1. The van der Waals surface area contributed by atoms with Crippen molar-refractivity contribution in [2.45, 2.75) is 0 Å². The van der Waals surface area contributed by atoms with E-state index in [0.717, 1.165) is 39.2 Å². The zero-order valence-electron chi connectivity index (χ0n) is 21.0. The number of aromatic nitrogens is 3. The molecule has 0 radical (unpaired) electrons. The third-order valence-electron chi connectivity index (χ3n) is 6.25. The van der Waals surface area contributed by atoms with Crippen LogP contribution in [-0.4, -0.2) is 43.3 Å². The van der Waals surface area contributed by atoms with Gasteiger partial charge < -0.3 is 20.1 Å². The topological polar surface area (TPSA) is 86.4 Å². The van der Waals surface area contributed by atoms with Gasteiger partial charge in [-0.25, -0.2) is 15.0 Å². The highest BCUT2D eigenvalue weighted by molar-refractivity contribution is 6.31. The molecular weight excluding hydrogens is 486 g/mol. The van der Waals surface area contributed by atoms with Crippen LogP contribution in [0.1, 0.15) is 0 Å². The van der Waals surface area contributed by atoms with Crippen LogP contribution in [0.5, 0.6) is 11.5 Å². The first-order valence-corrected chi connectivity index (χ1v) is 12.0. The summed E-state index contributed by atoms with van der Waals surface area (Å²) < 4.78 is 11.1. The summed E-state index contributed by atoms with van der Waals surface area (Å²) in [5, 5.41) is 1.26. The Hall–Kier alpha value is -4.36. The Balaban J connectivity index is 1.94. The molecule has 5 rings (SSSR count). The van der Waals surface area contributed by atoms with E-state index in [1.165, 1.54) is 6.33 Å². The maximum absolute atomic E-state index is 6.46. The van der Waals surface area contributed by atoms with Crippen LogP contribution in [0.2, 0.25) is 5.02 Å². The number of pyridine rings is 1. The lowest BCUT2D eigenvalue weighted by Crippen LogP contribution is -2.08. The van der Waals surface area contributed by atoms with Crippen LogP contribution >= 0.6 is 11.6 Å². The molecule has 0 saturated heterocycles. The predicted octanol–water partition coefficient (Wildman–Crippen LogP) is 6.34. The maximum Gasteiger partial charge on any atom is 0.165 e. The molecular formula is C29H26ClN5O2. The fourth-order valence-corrected chi connectivity index (χ4v) is 4.64. The minimum absolute atomic E-state index is 0.337. The van der Waals surface area contributed by atoms with Crippen molar-refractivity contribution in [2.75, 3.05) is 38.9 Å². The lowest BCUT2D eigenvalue weighted by Gasteiger charge is -2.20. The van der Waals surface area contributed by atoms with Crippen LogP contribution in [0.4, 0.5) is 11.5 Å². The molecule has 8 heteroatoms. The smallest absolute Gasteiger partial charge is 0.165 e. The highest BCUT2D eigenvalue weighted by Gasteiger charge is 2.23. The van der Waals surface area contributed by atoms with E-state index in [4.69, 9.17) is 31.8 Å². The number of ether oxygens (including phenoxy) is 2. The molecule has 2 N–H and O–H groups in total. The first-order valence-electron chi connectivity index (χ1n) is 11.6. The molecule has 3 aromatic carbocycles. The number of nitrogen functional groups attached to an aromatic ring is 1. The number of halogens is 1. The van der Waals surface area contributed by atoms with Crippen molar-refractivity contribution in [1.29, 1.82) is 0 Å². The largest absolute Gasteiger partial charge is 0.493 e. The van der Waals surface area contributed by atoms with Gasteiger partial charge in [-0.15, -0.1) is 0 Å². The van der Waals surface area contributed by atoms with E-state index in [1.54, 1.807) is 14.2 Å². The van der Waals surface area contributed by atoms with Gasteiger partial charge in [0.25, 0.3) is 0 Å². The van der Waals surface area contributed by atoms with Gasteiger partial charge in [-0.3, -0.25) is 0 Å². The maximum atomic E-state index is 6.46. The van der Waals surface area contributed by atoms with Crippen LogP contribution in [0.3, 0.4) is 0 Å². The van der Waals surface area contributed by atoms with Gasteiger partial charge in [0, 0.05) is 41.5 Å². The summed E-state index contributed by atoms with van der Waals surface area (Å²) in [5.41, 5.74) is 13.1. The molecule has 0 unspecified atom stereocenters. The monoisotopic (exact) mass is 511 g/mol. The number of nitrogens with zero attached hydrogens (tertiary/aromatic N) is 4. The lowest BCUT2D eigenvalue weighted by atomic mass is 9.88. The van der Waals surface area contributed by atoms with E-state index in [-0.39, 0.29) is 0 Å². The second kappa shape index (κ2) is 9.95. The third kappa shape index (κ3) is 4.49. The first kappa shape index (κ1) is 24.3. The number of methoxy groups -OCH3 is 2. The van der Waals surface area contributed by atoms with Gasteiger partial charge in [-0.2, -0.15) is 0 Å². The molecule has 7 nitrogen and oxygen atoms in total. The summed E-state index contributed by atoms with van der Waals surface area (Å²) in [6.07, 6.45) is 1.43. The molecule has 0 fully saturated rings. The van der Waals surface area contributed by atoms with Crippen LogP contribution in [0.25, 0.3) is 44.5 Å². The molecule has 186 valence electrons. The Kier molecular flexibility index (Phi) is 6.54. The van der Waals surface area contributed by atoms with E-state index in [1.807, 2.05) is 56.6 Å². The Labute approximate surface area is 220 Å². The van der Waals surface area contributed by atoms with Crippen molar-refractivity contribution in [3.05, 3.63) is 78.1 Å². The molecule has 0 atom stereocenters. The standard InChI is InChI=1S/C29H26ClN5O2/c1-35(2)21-11-8-17(9-12-21)27-25(19-10-13-22(36-3)23(15-19)37-4)24(18-6-5-7-20(30)14-18)26-28(31)32-16-33-29(26)34-27/h5-16H,1-4H3,(H2,31,32,33,34). The summed E-state index contributed by atoms with van der Waals surface area (Å²) in [6.45, 7) is 0. The quantitative estimate of drug-likeness (QED) is 0.284. The van der Waals surface area contributed by atoms with E-state index in [9.17, 15) is 0 Å². The van der Waals surface area contributed by atoms with Gasteiger partial charge >= 0.3 is 0 Å². The highest BCUT2D eigenvalue weighted by atomic mass is 35.5. The van der Waals surface area contributed by atoms with Crippen molar-refractivity contribution in [1.82, 2.24) is 15.0 Å². The molecule has 0 spiro atoms. The fourth-order valence-electron chi connectivity index (χ4n) is 4.45. The van der Waals surface area contributed by atoms with E-state index in [2.05, 4.69) is 39.1 Å². The Morgan fingerprint density at radius 2 is 1.49 bits per heavy atom. The normalized spacial score (nSPS) is 10.9. The van der Waals surface area contributed by atoms with Crippen molar-refractivity contribution < 1.29 is 9.47 Å². The molecule has 2 aromatic heterocycles. The minimum Gasteiger partial charge on any atom is -0.493 e. The van der Waals surface area contributed by atoms with Gasteiger partial charge in [0.15, 0.2) is 17.1 Å². The van der Waals surface area contributed by atoms with Crippen molar-refractivity contribution in [3.8, 4) is 45.0 Å². The highest BCUT2D eigenvalue weighted by Crippen LogP contribution is 2.46. The summed E-state index contributed by atoms with van der Waals surface area (Å²) in [6, 6.07) is 21.7. The molecule has 0 bridgehead atoms. The number of anilines is 2. The Morgan fingerprint density at radius 1 is 0.784 bits per heavy atom. The number of hydrogen-bond acceptors (Lipinski definition) is 7. The summed E-state index contributed by atoms with van der Waals surface area (Å²) in [4.78, 5) is 15.8. The van der Waals surface area contributed by atoms with Crippen LogP contribution in [0, 0.1) is 0 Å². The van der Waals surface area contributed by atoms with Crippen molar-refractivity contribution in [2.24, 2.45) is 0 Å². The average molecular weight is 512 g/mol.